The van der Waals surface area contributed by atoms with Gasteiger partial charge in [0.2, 0.25) is 0 Å². The number of fused-ring (bicyclic) bond motifs is 1. The number of hydrogen-bond donors (Lipinski definition) is 0. The van der Waals surface area contributed by atoms with Gasteiger partial charge in [-0.25, -0.2) is 9.78 Å². The topological polar surface area (TPSA) is 59.5 Å². The van der Waals surface area contributed by atoms with Crippen molar-refractivity contribution in [2.75, 3.05) is 6.61 Å². The number of carbonyl (C=O) groups is 2. The summed E-state index contributed by atoms with van der Waals surface area (Å²) in [5.74, 6) is -0.655. The number of carbonyl (C=O) groups excluding carboxylic acids is 2. The van der Waals surface area contributed by atoms with E-state index in [4.69, 9.17) is 4.74 Å². The zero-order valence-electron chi connectivity index (χ0n) is 15.8. The number of pyridine rings is 1. The Balaban J connectivity index is 1.34. The molecule has 0 radical (unpaired) electrons. The standard InChI is InChI=1S/C23H24N2O3/c26-22(25(20-13-14-20)19-7-2-1-3-8-19)16-28-23(27)15-12-18-11-10-17-6-4-5-9-21(17)24-18/h4-7,9-12,15,20H,1-3,8,13-14,16H2/b15-12+. The van der Waals surface area contributed by atoms with E-state index in [0.29, 0.717) is 5.69 Å². The third-order valence-electron chi connectivity index (χ3n) is 5.11. The summed E-state index contributed by atoms with van der Waals surface area (Å²) in [6.07, 6.45) is 11.4. The maximum Gasteiger partial charge on any atom is 0.331 e. The molecule has 0 atom stereocenters. The fourth-order valence-electron chi connectivity index (χ4n) is 3.55. The van der Waals surface area contributed by atoms with Crippen LogP contribution in [0.3, 0.4) is 0 Å². The summed E-state index contributed by atoms with van der Waals surface area (Å²) in [6.45, 7) is -0.220. The second-order valence-corrected chi connectivity index (χ2v) is 7.31. The van der Waals surface area contributed by atoms with Crippen molar-refractivity contribution in [1.82, 2.24) is 9.88 Å². The average molecular weight is 376 g/mol. The van der Waals surface area contributed by atoms with E-state index in [9.17, 15) is 9.59 Å². The van der Waals surface area contributed by atoms with Crippen molar-refractivity contribution in [2.24, 2.45) is 0 Å². The van der Waals surface area contributed by atoms with E-state index in [1.165, 1.54) is 12.5 Å². The lowest BCUT2D eigenvalue weighted by atomic mass is 10.0. The Bertz CT molecular complexity index is 944. The monoisotopic (exact) mass is 376 g/mol. The maximum absolute atomic E-state index is 12.6. The van der Waals surface area contributed by atoms with E-state index in [-0.39, 0.29) is 18.6 Å². The van der Waals surface area contributed by atoms with E-state index in [0.717, 1.165) is 48.7 Å². The van der Waals surface area contributed by atoms with Crippen molar-refractivity contribution in [2.45, 2.75) is 44.6 Å². The molecule has 1 fully saturated rings. The van der Waals surface area contributed by atoms with Gasteiger partial charge in [0.1, 0.15) is 0 Å². The summed E-state index contributed by atoms with van der Waals surface area (Å²) in [4.78, 5) is 31.0. The third-order valence-corrected chi connectivity index (χ3v) is 5.11. The Morgan fingerprint density at radius 1 is 1.14 bits per heavy atom. The fraction of sp³-hybridized carbons (Fsp3) is 0.348. The lowest BCUT2D eigenvalue weighted by Gasteiger charge is -2.27. The van der Waals surface area contributed by atoms with Crippen LogP contribution in [-0.2, 0) is 14.3 Å². The number of benzene rings is 1. The van der Waals surface area contributed by atoms with Crippen LogP contribution in [-0.4, -0.2) is 34.4 Å². The van der Waals surface area contributed by atoms with Crippen LogP contribution in [0.5, 0.6) is 0 Å². The largest absolute Gasteiger partial charge is 0.452 e. The first-order valence-corrected chi connectivity index (χ1v) is 9.92. The fourth-order valence-corrected chi connectivity index (χ4v) is 3.55. The Morgan fingerprint density at radius 3 is 2.79 bits per heavy atom. The molecule has 0 N–H and O–H groups in total. The SMILES string of the molecule is O=C(/C=C/c1ccc2ccccc2n1)OCC(=O)N(C1=CCCCC1)C1CC1. The number of rotatable bonds is 6. The second kappa shape index (κ2) is 8.38. The van der Waals surface area contributed by atoms with Gasteiger partial charge in [0.15, 0.2) is 6.61 Å². The van der Waals surface area contributed by atoms with Gasteiger partial charge in [0.25, 0.3) is 5.91 Å². The minimum Gasteiger partial charge on any atom is -0.452 e. The average Bonchev–Trinajstić information content (AvgIpc) is 3.56. The molecule has 28 heavy (non-hydrogen) atoms. The van der Waals surface area contributed by atoms with Gasteiger partial charge < -0.3 is 9.64 Å². The highest BCUT2D eigenvalue weighted by atomic mass is 16.5. The maximum atomic E-state index is 12.6. The van der Waals surface area contributed by atoms with E-state index < -0.39 is 5.97 Å². The number of allylic oxidation sites excluding steroid dienone is 2. The number of esters is 1. The normalized spacial score (nSPS) is 16.8. The van der Waals surface area contributed by atoms with Crippen LogP contribution in [0.4, 0.5) is 0 Å². The highest BCUT2D eigenvalue weighted by molar-refractivity contribution is 5.90. The molecule has 1 amide bonds. The minimum absolute atomic E-state index is 0.124. The van der Waals surface area contributed by atoms with Gasteiger partial charge in [0, 0.05) is 23.2 Å². The van der Waals surface area contributed by atoms with Crippen LogP contribution in [0, 0.1) is 0 Å². The highest BCUT2D eigenvalue weighted by Gasteiger charge is 2.35. The predicted molar refractivity (Wildman–Crippen MR) is 108 cm³/mol. The molecule has 5 nitrogen and oxygen atoms in total. The molecule has 1 aromatic heterocycles. The number of para-hydroxylation sites is 1. The van der Waals surface area contributed by atoms with Crippen molar-refractivity contribution in [3.63, 3.8) is 0 Å². The third kappa shape index (κ3) is 4.47. The predicted octanol–water partition coefficient (Wildman–Crippen LogP) is 4.24. The molecule has 1 aromatic carbocycles. The van der Waals surface area contributed by atoms with E-state index >= 15 is 0 Å². The molecule has 0 spiro atoms. The summed E-state index contributed by atoms with van der Waals surface area (Å²) in [5, 5.41) is 1.05. The summed E-state index contributed by atoms with van der Waals surface area (Å²) in [6, 6.07) is 11.9. The zero-order chi connectivity index (χ0) is 19.3. The molecule has 0 bridgehead atoms. The second-order valence-electron chi connectivity index (χ2n) is 7.31. The minimum atomic E-state index is -0.531. The Kier molecular flexibility index (Phi) is 5.51. The van der Waals surface area contributed by atoms with Crippen LogP contribution in [0.1, 0.15) is 44.2 Å². The van der Waals surface area contributed by atoms with Gasteiger partial charge in [-0.05, 0) is 56.7 Å². The first kappa shape index (κ1) is 18.4. The van der Waals surface area contributed by atoms with Gasteiger partial charge in [0.05, 0.1) is 11.2 Å². The number of amides is 1. The summed E-state index contributed by atoms with van der Waals surface area (Å²) >= 11 is 0. The molecule has 0 saturated heterocycles. The quantitative estimate of drug-likeness (QED) is 0.559. The van der Waals surface area contributed by atoms with Crippen molar-refractivity contribution < 1.29 is 14.3 Å². The van der Waals surface area contributed by atoms with Gasteiger partial charge in [-0.3, -0.25) is 4.79 Å². The van der Waals surface area contributed by atoms with Crippen molar-refractivity contribution in [3.05, 3.63) is 59.9 Å². The molecule has 1 heterocycles. The van der Waals surface area contributed by atoms with Gasteiger partial charge in [-0.1, -0.05) is 30.3 Å². The molecule has 2 aromatic rings. The lowest BCUT2D eigenvalue weighted by molar-refractivity contribution is -0.147. The van der Waals surface area contributed by atoms with E-state index in [1.54, 1.807) is 6.08 Å². The number of aromatic nitrogens is 1. The van der Waals surface area contributed by atoms with Crippen molar-refractivity contribution in [3.8, 4) is 0 Å². The first-order valence-electron chi connectivity index (χ1n) is 9.92. The van der Waals surface area contributed by atoms with Gasteiger partial charge in [-0.2, -0.15) is 0 Å². The zero-order valence-corrected chi connectivity index (χ0v) is 15.8. The lowest BCUT2D eigenvalue weighted by Crippen LogP contribution is -2.36. The van der Waals surface area contributed by atoms with Gasteiger partial charge >= 0.3 is 5.97 Å². The summed E-state index contributed by atoms with van der Waals surface area (Å²) in [7, 11) is 0. The summed E-state index contributed by atoms with van der Waals surface area (Å²) in [5.41, 5.74) is 2.65. The molecular formula is C23H24N2O3. The Morgan fingerprint density at radius 2 is 2.00 bits per heavy atom. The Labute approximate surface area is 164 Å². The van der Waals surface area contributed by atoms with Crippen molar-refractivity contribution in [1.29, 1.82) is 0 Å². The molecule has 5 heteroatoms. The van der Waals surface area contributed by atoms with Crippen molar-refractivity contribution >= 4 is 28.9 Å². The van der Waals surface area contributed by atoms with Crippen LogP contribution in [0.2, 0.25) is 0 Å². The van der Waals surface area contributed by atoms with Crippen LogP contribution in [0.25, 0.3) is 17.0 Å². The van der Waals surface area contributed by atoms with Crippen LogP contribution in [0.15, 0.2) is 54.2 Å². The van der Waals surface area contributed by atoms with Gasteiger partial charge in [-0.15, -0.1) is 0 Å². The van der Waals surface area contributed by atoms with Crippen LogP contribution < -0.4 is 0 Å². The van der Waals surface area contributed by atoms with Crippen LogP contribution >= 0.6 is 0 Å². The highest BCUT2D eigenvalue weighted by Crippen LogP contribution is 2.33. The molecule has 2 aliphatic rings. The molecule has 0 aliphatic heterocycles. The number of nitrogens with zero attached hydrogens (tertiary/aromatic N) is 2. The van der Waals surface area contributed by atoms with E-state index in [2.05, 4.69) is 11.1 Å². The Hall–Kier alpha value is -2.95. The van der Waals surface area contributed by atoms with E-state index in [1.807, 2.05) is 41.3 Å². The summed E-state index contributed by atoms with van der Waals surface area (Å²) < 4.78 is 5.19. The molecule has 144 valence electrons. The first-order chi connectivity index (χ1) is 13.7. The molecule has 2 aliphatic carbocycles. The molecule has 0 unspecified atom stereocenters. The number of hydrogen-bond acceptors (Lipinski definition) is 4. The smallest absolute Gasteiger partial charge is 0.331 e. The number of ether oxygens (including phenoxy) is 1. The molecule has 4 rings (SSSR count). The molecule has 1 saturated carbocycles. The molecular weight excluding hydrogens is 352 g/mol.